The highest BCUT2D eigenvalue weighted by atomic mass is 79.9. The molecule has 0 fully saturated rings. The van der Waals surface area contributed by atoms with Crippen LogP contribution in [0.2, 0.25) is 0 Å². The van der Waals surface area contributed by atoms with Crippen molar-refractivity contribution in [1.82, 2.24) is 9.55 Å². The molecule has 1 heterocycles. The molecule has 1 aromatic heterocycles. The number of nitrogens with zero attached hydrogens (tertiary/aromatic N) is 2. The molecule has 70 valence electrons. The lowest BCUT2D eigenvalue weighted by atomic mass is 10.3. The Kier molecular flexibility index (Phi) is 5.17. The van der Waals surface area contributed by atoms with E-state index in [1.165, 1.54) is 5.69 Å². The van der Waals surface area contributed by atoms with E-state index in [1.807, 2.05) is 13.3 Å². The van der Waals surface area contributed by atoms with Crippen molar-refractivity contribution in [2.24, 2.45) is 0 Å². The number of rotatable bonds is 3. The van der Waals surface area contributed by atoms with Gasteiger partial charge in [-0.05, 0) is 13.8 Å². The third-order valence-corrected chi connectivity index (χ3v) is 1.89. The van der Waals surface area contributed by atoms with Crippen LogP contribution in [-0.4, -0.2) is 21.3 Å². The fraction of sp³-hybridized carbons (Fsp3) is 0.625. The molecule has 0 amide bonds. The van der Waals surface area contributed by atoms with Crippen LogP contribution >= 0.6 is 17.0 Å². The Balaban J connectivity index is 0.00000121. The molecule has 12 heavy (non-hydrogen) atoms. The normalized spacial score (nSPS) is 9.58. The van der Waals surface area contributed by atoms with Crippen LogP contribution in [0.5, 0.6) is 0 Å². The van der Waals surface area contributed by atoms with Gasteiger partial charge in [-0.15, -0.1) is 17.0 Å². The molecule has 0 aliphatic rings. The van der Waals surface area contributed by atoms with Gasteiger partial charge in [0, 0.05) is 25.3 Å². The third kappa shape index (κ3) is 2.32. The lowest BCUT2D eigenvalue weighted by Gasteiger charge is -1.99. The Bertz CT molecular complexity index is 235. The quantitative estimate of drug-likeness (QED) is 0.858. The second-order valence-corrected chi connectivity index (χ2v) is 2.54. The molecule has 0 saturated heterocycles. The van der Waals surface area contributed by atoms with Gasteiger partial charge >= 0.3 is 0 Å². The molecule has 0 unspecified atom stereocenters. The Labute approximate surface area is 83.2 Å². The molecular formula is C8H15BrN2O. The molecule has 0 aliphatic carbocycles. The summed E-state index contributed by atoms with van der Waals surface area (Å²) >= 11 is 0. The highest BCUT2D eigenvalue weighted by Gasteiger charge is 2.02. The number of aryl methyl sites for hydroxylation is 1. The molecule has 1 rings (SSSR count). The Hall–Kier alpha value is -0.350. The third-order valence-electron chi connectivity index (χ3n) is 1.89. The van der Waals surface area contributed by atoms with Gasteiger partial charge in [-0.2, -0.15) is 0 Å². The van der Waals surface area contributed by atoms with Crippen LogP contribution in [0.25, 0.3) is 0 Å². The van der Waals surface area contributed by atoms with Crippen molar-refractivity contribution < 1.29 is 5.11 Å². The number of aliphatic hydroxyl groups is 1. The summed E-state index contributed by atoms with van der Waals surface area (Å²) in [7, 11) is 0. The summed E-state index contributed by atoms with van der Waals surface area (Å²) in [4.78, 5) is 4.18. The molecule has 0 aliphatic heterocycles. The van der Waals surface area contributed by atoms with E-state index in [2.05, 4.69) is 16.5 Å². The molecule has 0 radical (unpaired) electrons. The van der Waals surface area contributed by atoms with Crippen molar-refractivity contribution >= 4 is 17.0 Å². The molecule has 4 heteroatoms. The molecule has 1 N–H and O–H groups in total. The van der Waals surface area contributed by atoms with E-state index in [4.69, 9.17) is 5.11 Å². The second kappa shape index (κ2) is 5.32. The average molecular weight is 235 g/mol. The fourth-order valence-corrected chi connectivity index (χ4v) is 1.16. The highest BCUT2D eigenvalue weighted by Crippen LogP contribution is 2.05. The van der Waals surface area contributed by atoms with Crippen molar-refractivity contribution in [3.05, 3.63) is 17.7 Å². The molecule has 0 spiro atoms. The van der Waals surface area contributed by atoms with Crippen LogP contribution in [0, 0.1) is 6.92 Å². The lowest BCUT2D eigenvalue weighted by Crippen LogP contribution is -1.98. The fourth-order valence-electron chi connectivity index (χ4n) is 1.16. The number of hydrogen-bond donors (Lipinski definition) is 1. The number of aliphatic hydroxyl groups excluding tert-OH is 1. The molecule has 0 atom stereocenters. The largest absolute Gasteiger partial charge is 0.396 e. The van der Waals surface area contributed by atoms with Gasteiger partial charge in [-0.3, -0.25) is 0 Å². The van der Waals surface area contributed by atoms with Crippen molar-refractivity contribution in [2.45, 2.75) is 26.8 Å². The summed E-state index contributed by atoms with van der Waals surface area (Å²) in [5.74, 6) is 0. The first-order valence-corrected chi connectivity index (χ1v) is 3.91. The number of hydrogen-bond acceptors (Lipinski definition) is 2. The van der Waals surface area contributed by atoms with Crippen LogP contribution in [0.4, 0.5) is 0 Å². The van der Waals surface area contributed by atoms with Crippen LogP contribution in [-0.2, 0) is 13.0 Å². The number of halogens is 1. The highest BCUT2D eigenvalue weighted by molar-refractivity contribution is 8.93. The zero-order valence-electron chi connectivity index (χ0n) is 7.45. The van der Waals surface area contributed by atoms with Gasteiger partial charge in [0.1, 0.15) is 0 Å². The topological polar surface area (TPSA) is 38.0 Å². The summed E-state index contributed by atoms with van der Waals surface area (Å²) in [6.45, 7) is 5.24. The minimum Gasteiger partial charge on any atom is -0.396 e. The Morgan fingerprint density at radius 2 is 2.25 bits per heavy atom. The first-order valence-electron chi connectivity index (χ1n) is 3.91. The first kappa shape index (κ1) is 11.6. The predicted octanol–water partition coefficient (Wildman–Crippen LogP) is 1.32. The van der Waals surface area contributed by atoms with Crippen molar-refractivity contribution in [3.63, 3.8) is 0 Å². The maximum Gasteiger partial charge on any atom is 0.0951 e. The average Bonchev–Trinajstić information content (AvgIpc) is 2.34. The van der Waals surface area contributed by atoms with Crippen LogP contribution in [0.1, 0.15) is 18.3 Å². The van der Waals surface area contributed by atoms with Crippen LogP contribution in [0.15, 0.2) is 6.33 Å². The predicted molar refractivity (Wildman–Crippen MR) is 53.7 cm³/mol. The number of aromatic nitrogens is 2. The SMILES string of the molecule is Br.CCn1cnc(CCO)c1C. The standard InChI is InChI=1S/C8H14N2O.BrH/c1-3-10-6-9-8(4-5-11)7(10)2;/h6,11H,3-5H2,1-2H3;1H. The van der Waals surface area contributed by atoms with Crippen LogP contribution in [0.3, 0.4) is 0 Å². The zero-order chi connectivity index (χ0) is 8.27. The van der Waals surface area contributed by atoms with E-state index in [0.29, 0.717) is 6.42 Å². The second-order valence-electron chi connectivity index (χ2n) is 2.54. The van der Waals surface area contributed by atoms with Gasteiger partial charge < -0.3 is 9.67 Å². The molecule has 0 bridgehead atoms. The summed E-state index contributed by atoms with van der Waals surface area (Å²) < 4.78 is 2.07. The van der Waals surface area contributed by atoms with E-state index in [9.17, 15) is 0 Å². The van der Waals surface area contributed by atoms with Crippen LogP contribution < -0.4 is 0 Å². The Morgan fingerprint density at radius 1 is 1.58 bits per heavy atom. The van der Waals surface area contributed by atoms with Gasteiger partial charge in [-0.25, -0.2) is 4.98 Å². The van der Waals surface area contributed by atoms with Crippen molar-refractivity contribution in [1.29, 1.82) is 0 Å². The molecule has 1 aromatic rings. The van der Waals surface area contributed by atoms with Gasteiger partial charge in [-0.1, -0.05) is 0 Å². The molecule has 0 saturated carbocycles. The minimum absolute atomic E-state index is 0. The smallest absolute Gasteiger partial charge is 0.0951 e. The van der Waals surface area contributed by atoms with E-state index in [0.717, 1.165) is 12.2 Å². The van der Waals surface area contributed by atoms with Gasteiger partial charge in [0.05, 0.1) is 12.0 Å². The zero-order valence-corrected chi connectivity index (χ0v) is 9.16. The monoisotopic (exact) mass is 234 g/mol. The summed E-state index contributed by atoms with van der Waals surface area (Å²) in [5.41, 5.74) is 2.18. The first-order chi connectivity index (χ1) is 5.29. The van der Waals surface area contributed by atoms with Gasteiger partial charge in [0.25, 0.3) is 0 Å². The lowest BCUT2D eigenvalue weighted by molar-refractivity contribution is 0.298. The maximum absolute atomic E-state index is 8.68. The van der Waals surface area contributed by atoms with Gasteiger partial charge in [0.15, 0.2) is 0 Å². The van der Waals surface area contributed by atoms with E-state index >= 15 is 0 Å². The van der Waals surface area contributed by atoms with Crippen molar-refractivity contribution in [2.75, 3.05) is 6.61 Å². The minimum atomic E-state index is 0. The van der Waals surface area contributed by atoms with E-state index in [-0.39, 0.29) is 23.6 Å². The summed E-state index contributed by atoms with van der Waals surface area (Å²) in [6, 6.07) is 0. The summed E-state index contributed by atoms with van der Waals surface area (Å²) in [5, 5.41) is 8.68. The van der Waals surface area contributed by atoms with Crippen molar-refractivity contribution in [3.8, 4) is 0 Å². The van der Waals surface area contributed by atoms with E-state index < -0.39 is 0 Å². The molecule has 0 aromatic carbocycles. The summed E-state index contributed by atoms with van der Waals surface area (Å²) in [6.07, 6.45) is 2.49. The molecule has 3 nitrogen and oxygen atoms in total. The maximum atomic E-state index is 8.68. The Morgan fingerprint density at radius 3 is 2.67 bits per heavy atom. The van der Waals surface area contributed by atoms with E-state index in [1.54, 1.807) is 0 Å². The van der Waals surface area contributed by atoms with Gasteiger partial charge in [0.2, 0.25) is 0 Å². The molecular weight excluding hydrogens is 220 g/mol. The number of imidazole rings is 1.